The van der Waals surface area contributed by atoms with E-state index in [1.807, 2.05) is 0 Å². The van der Waals surface area contributed by atoms with Crippen LogP contribution in [0.3, 0.4) is 0 Å². The minimum Gasteiger partial charge on any atom is -0.378 e. The second-order valence-electron chi connectivity index (χ2n) is 6.20. The highest BCUT2D eigenvalue weighted by molar-refractivity contribution is 5.90. The zero-order valence-corrected chi connectivity index (χ0v) is 13.9. The summed E-state index contributed by atoms with van der Waals surface area (Å²) in [4.78, 5) is 24.6. The monoisotopic (exact) mass is 344 g/mol. The van der Waals surface area contributed by atoms with Crippen molar-refractivity contribution in [3.05, 3.63) is 64.3 Å². The molecule has 0 radical (unpaired) electrons. The van der Waals surface area contributed by atoms with E-state index in [-0.39, 0.29) is 29.1 Å². The maximum atomic E-state index is 13.0. The molecule has 25 heavy (non-hydrogen) atoms. The molecule has 2 heterocycles. The lowest BCUT2D eigenvalue weighted by Crippen LogP contribution is -2.26. The van der Waals surface area contributed by atoms with Gasteiger partial charge in [-0.1, -0.05) is 12.1 Å². The molecule has 1 aromatic heterocycles. The summed E-state index contributed by atoms with van der Waals surface area (Å²) in [5, 5.41) is 2.68. The minimum atomic E-state index is -0.316. The molecule has 1 saturated heterocycles. The van der Waals surface area contributed by atoms with Gasteiger partial charge in [0.2, 0.25) is 5.91 Å². The molecular formula is C19H21FN2O3. The van der Waals surface area contributed by atoms with E-state index < -0.39 is 0 Å². The lowest BCUT2D eigenvalue weighted by molar-refractivity contribution is -0.116. The third kappa shape index (κ3) is 4.76. The summed E-state index contributed by atoms with van der Waals surface area (Å²) in [5.74, 6) is -0.504. The number of carbonyl (C=O) groups is 1. The van der Waals surface area contributed by atoms with Crippen LogP contribution in [0.5, 0.6) is 0 Å². The van der Waals surface area contributed by atoms with Crippen molar-refractivity contribution >= 4 is 11.6 Å². The Labute approximate surface area is 145 Å². The molecule has 5 nitrogen and oxygen atoms in total. The number of amides is 1. The topological polar surface area (TPSA) is 60.3 Å². The van der Waals surface area contributed by atoms with Crippen molar-refractivity contribution in [3.8, 4) is 0 Å². The Kier molecular flexibility index (Phi) is 5.60. The first-order valence-electron chi connectivity index (χ1n) is 8.47. The van der Waals surface area contributed by atoms with Crippen LogP contribution >= 0.6 is 0 Å². The van der Waals surface area contributed by atoms with Crippen LogP contribution in [0.2, 0.25) is 0 Å². The number of ether oxygens (including phenoxy) is 1. The van der Waals surface area contributed by atoms with Crippen LogP contribution < -0.4 is 10.9 Å². The second kappa shape index (κ2) is 8.07. The van der Waals surface area contributed by atoms with E-state index in [0.29, 0.717) is 19.4 Å². The summed E-state index contributed by atoms with van der Waals surface area (Å²) in [6.45, 7) is 1.08. The SMILES string of the molecule is O=C(CC[C@@H]1CCCO1)Nc1cccn(Cc2ccc(F)cc2)c1=O. The molecule has 0 saturated carbocycles. The van der Waals surface area contributed by atoms with Gasteiger partial charge in [-0.2, -0.15) is 0 Å². The third-order valence-corrected chi connectivity index (χ3v) is 4.28. The number of halogens is 1. The van der Waals surface area contributed by atoms with Gasteiger partial charge in [-0.15, -0.1) is 0 Å². The van der Waals surface area contributed by atoms with Crippen molar-refractivity contribution in [2.24, 2.45) is 0 Å². The van der Waals surface area contributed by atoms with Crippen LogP contribution in [0, 0.1) is 5.82 Å². The first-order valence-corrected chi connectivity index (χ1v) is 8.47. The van der Waals surface area contributed by atoms with E-state index in [4.69, 9.17) is 4.74 Å². The summed E-state index contributed by atoms with van der Waals surface area (Å²) >= 11 is 0. The summed E-state index contributed by atoms with van der Waals surface area (Å²) in [6.07, 6.45) is 4.83. The van der Waals surface area contributed by atoms with E-state index in [1.54, 1.807) is 30.5 Å². The number of pyridine rings is 1. The van der Waals surface area contributed by atoms with Gasteiger partial charge in [0.05, 0.1) is 12.6 Å². The molecule has 6 heteroatoms. The van der Waals surface area contributed by atoms with E-state index in [0.717, 1.165) is 25.0 Å². The van der Waals surface area contributed by atoms with Gasteiger partial charge < -0.3 is 14.6 Å². The average Bonchev–Trinajstić information content (AvgIpc) is 3.12. The maximum Gasteiger partial charge on any atom is 0.274 e. The van der Waals surface area contributed by atoms with Gasteiger partial charge in [-0.05, 0) is 49.1 Å². The molecule has 1 amide bonds. The Morgan fingerprint density at radius 2 is 2.08 bits per heavy atom. The molecule has 0 spiro atoms. The Morgan fingerprint density at radius 3 is 2.80 bits per heavy atom. The van der Waals surface area contributed by atoms with Gasteiger partial charge in [0.15, 0.2) is 0 Å². The van der Waals surface area contributed by atoms with Gasteiger partial charge in [0, 0.05) is 19.2 Å². The molecule has 1 fully saturated rings. The van der Waals surface area contributed by atoms with Crippen molar-refractivity contribution in [2.75, 3.05) is 11.9 Å². The summed E-state index contributed by atoms with van der Waals surface area (Å²) in [7, 11) is 0. The fourth-order valence-electron chi connectivity index (χ4n) is 2.92. The quantitative estimate of drug-likeness (QED) is 0.876. The zero-order chi connectivity index (χ0) is 17.6. The molecule has 0 bridgehead atoms. The lowest BCUT2D eigenvalue weighted by atomic mass is 10.1. The van der Waals surface area contributed by atoms with E-state index >= 15 is 0 Å². The molecule has 0 unspecified atom stereocenters. The number of nitrogens with zero attached hydrogens (tertiary/aromatic N) is 1. The van der Waals surface area contributed by atoms with Crippen molar-refractivity contribution in [2.45, 2.75) is 38.3 Å². The molecule has 3 rings (SSSR count). The van der Waals surface area contributed by atoms with Crippen LogP contribution in [0.1, 0.15) is 31.2 Å². The predicted octanol–water partition coefficient (Wildman–Crippen LogP) is 2.93. The number of aromatic nitrogens is 1. The van der Waals surface area contributed by atoms with Crippen LogP contribution in [-0.2, 0) is 16.1 Å². The Morgan fingerprint density at radius 1 is 1.28 bits per heavy atom. The molecule has 0 aliphatic carbocycles. The zero-order valence-electron chi connectivity index (χ0n) is 13.9. The Balaban J connectivity index is 1.62. The number of benzene rings is 1. The van der Waals surface area contributed by atoms with Crippen LogP contribution in [0.15, 0.2) is 47.4 Å². The molecule has 2 aromatic rings. The summed E-state index contributed by atoms with van der Waals surface area (Å²) in [6, 6.07) is 9.28. The van der Waals surface area contributed by atoms with E-state index in [1.165, 1.54) is 16.7 Å². The Bertz CT molecular complexity index is 780. The largest absolute Gasteiger partial charge is 0.378 e. The molecule has 1 atom stereocenters. The van der Waals surface area contributed by atoms with Crippen molar-refractivity contribution in [1.82, 2.24) is 4.57 Å². The summed E-state index contributed by atoms with van der Waals surface area (Å²) < 4.78 is 20.0. The number of hydrogen-bond donors (Lipinski definition) is 1. The first kappa shape index (κ1) is 17.4. The normalized spacial score (nSPS) is 16.8. The predicted molar refractivity (Wildman–Crippen MR) is 93.0 cm³/mol. The van der Waals surface area contributed by atoms with Gasteiger partial charge in [0.1, 0.15) is 11.5 Å². The maximum absolute atomic E-state index is 13.0. The molecule has 1 aliphatic heterocycles. The standard InChI is InChI=1S/C19H21FN2O3/c20-15-7-5-14(6-8-15)13-22-11-1-4-17(19(22)24)21-18(23)10-9-16-3-2-12-25-16/h1,4-8,11,16H,2-3,9-10,12-13H2,(H,21,23)/t16-/m0/s1. The highest BCUT2D eigenvalue weighted by Gasteiger charge is 2.17. The average molecular weight is 344 g/mol. The summed E-state index contributed by atoms with van der Waals surface area (Å²) in [5.41, 5.74) is 0.782. The number of nitrogens with one attached hydrogen (secondary N) is 1. The van der Waals surface area contributed by atoms with Gasteiger partial charge in [0.25, 0.3) is 5.56 Å². The minimum absolute atomic E-state index is 0.150. The number of carbonyl (C=O) groups excluding carboxylic acids is 1. The van der Waals surface area contributed by atoms with Crippen LogP contribution in [-0.4, -0.2) is 23.2 Å². The number of hydrogen-bond acceptors (Lipinski definition) is 3. The molecule has 1 aromatic carbocycles. The van der Waals surface area contributed by atoms with Crippen molar-refractivity contribution in [3.63, 3.8) is 0 Å². The van der Waals surface area contributed by atoms with Crippen molar-refractivity contribution in [1.29, 1.82) is 0 Å². The third-order valence-electron chi connectivity index (χ3n) is 4.28. The molecule has 132 valence electrons. The Hall–Kier alpha value is -2.47. The smallest absolute Gasteiger partial charge is 0.274 e. The lowest BCUT2D eigenvalue weighted by Gasteiger charge is -2.11. The van der Waals surface area contributed by atoms with Gasteiger partial charge in [-0.3, -0.25) is 9.59 Å². The van der Waals surface area contributed by atoms with E-state index in [9.17, 15) is 14.0 Å². The molecule has 1 N–H and O–H groups in total. The van der Waals surface area contributed by atoms with E-state index in [2.05, 4.69) is 5.32 Å². The molecule has 1 aliphatic rings. The van der Waals surface area contributed by atoms with Crippen molar-refractivity contribution < 1.29 is 13.9 Å². The molecular weight excluding hydrogens is 323 g/mol. The van der Waals surface area contributed by atoms with Crippen LogP contribution in [0.25, 0.3) is 0 Å². The fraction of sp³-hybridized carbons (Fsp3) is 0.368. The number of rotatable bonds is 6. The fourth-order valence-corrected chi connectivity index (χ4v) is 2.92. The van der Waals surface area contributed by atoms with Gasteiger partial charge >= 0.3 is 0 Å². The highest BCUT2D eigenvalue weighted by Crippen LogP contribution is 2.17. The highest BCUT2D eigenvalue weighted by atomic mass is 19.1. The number of anilines is 1. The second-order valence-corrected chi connectivity index (χ2v) is 6.20. The van der Waals surface area contributed by atoms with Gasteiger partial charge in [-0.25, -0.2) is 4.39 Å². The first-order chi connectivity index (χ1) is 12.1. The van der Waals surface area contributed by atoms with Crippen LogP contribution in [0.4, 0.5) is 10.1 Å².